The maximum atomic E-state index is 13.5. The van der Waals surface area contributed by atoms with E-state index in [1.54, 1.807) is 7.11 Å². The summed E-state index contributed by atoms with van der Waals surface area (Å²) in [4.78, 5) is 14.4. The minimum atomic E-state index is -4.61. The highest BCUT2D eigenvalue weighted by Gasteiger charge is 2.40. The summed E-state index contributed by atoms with van der Waals surface area (Å²) in [6.07, 6.45) is -4.78. The first-order chi connectivity index (χ1) is 15.6. The third kappa shape index (κ3) is 8.25. The lowest BCUT2D eigenvalue weighted by molar-refractivity contribution is -0.357. The molecule has 0 spiro atoms. The molecular formula is C21H27ClF4N2O5. The van der Waals surface area contributed by atoms with Gasteiger partial charge in [0.05, 0.1) is 36.0 Å². The molecule has 0 bridgehead atoms. The molecule has 1 aromatic carbocycles. The fraction of sp³-hybridized carbons (Fsp3) is 0.667. The third-order valence-electron chi connectivity index (χ3n) is 5.67. The fourth-order valence-corrected chi connectivity index (χ4v) is 3.96. The van der Waals surface area contributed by atoms with Crippen LogP contribution in [0.3, 0.4) is 0 Å². The zero-order valence-electron chi connectivity index (χ0n) is 18.1. The number of carbonyl (C=O) groups is 1. The SMILES string of the molecule is CO[C@H]1CN(CCOC2CC(OC(F)(F)F)C2)CCC1NC(=O)COc1ccc(Cl)c(F)c1. The normalized spacial score (nSPS) is 26.0. The minimum absolute atomic E-state index is 0.0285. The largest absolute Gasteiger partial charge is 0.522 e. The van der Waals surface area contributed by atoms with E-state index in [-0.39, 0.29) is 54.4 Å². The Morgan fingerprint density at radius 2 is 2.03 bits per heavy atom. The van der Waals surface area contributed by atoms with Gasteiger partial charge in [0, 0.05) is 45.7 Å². The molecule has 1 aliphatic heterocycles. The number of halogens is 5. The number of ether oxygens (including phenoxy) is 4. The number of hydrogen-bond donors (Lipinski definition) is 1. The Hall–Kier alpha value is -1.66. The molecule has 2 fully saturated rings. The second-order valence-electron chi connectivity index (χ2n) is 8.05. The summed E-state index contributed by atoms with van der Waals surface area (Å²) >= 11 is 5.62. The van der Waals surface area contributed by atoms with Crippen LogP contribution in [0.1, 0.15) is 19.3 Å². The van der Waals surface area contributed by atoms with Gasteiger partial charge in [-0.1, -0.05) is 11.6 Å². The number of carbonyl (C=O) groups excluding carboxylic acids is 1. The summed E-state index contributed by atoms with van der Waals surface area (Å²) < 4.78 is 70.3. The van der Waals surface area contributed by atoms with Crippen molar-refractivity contribution in [2.24, 2.45) is 0 Å². The summed E-state index contributed by atoms with van der Waals surface area (Å²) in [7, 11) is 1.56. The van der Waals surface area contributed by atoms with Crippen LogP contribution in [0.5, 0.6) is 5.75 Å². The first-order valence-corrected chi connectivity index (χ1v) is 11.0. The molecule has 1 unspecified atom stereocenters. The zero-order chi connectivity index (χ0) is 24.0. The second-order valence-corrected chi connectivity index (χ2v) is 8.46. The molecule has 186 valence electrons. The van der Waals surface area contributed by atoms with Crippen molar-refractivity contribution in [3.8, 4) is 5.75 Å². The fourth-order valence-electron chi connectivity index (χ4n) is 3.84. The molecule has 2 aliphatic rings. The van der Waals surface area contributed by atoms with Crippen molar-refractivity contribution in [3.63, 3.8) is 0 Å². The quantitative estimate of drug-likeness (QED) is 0.500. The standard InChI is InChI=1S/C21H27ClF4N2O5/c1-30-19-11-28(6-7-31-14-8-15(9-14)33-21(24,25)26)5-4-18(19)27-20(29)12-32-13-2-3-16(22)17(23)10-13/h2-3,10,14-15,18-19H,4-9,11-12H2,1H3,(H,27,29)/t14?,15?,18?,19-/m0/s1. The van der Waals surface area contributed by atoms with Gasteiger partial charge in [-0.3, -0.25) is 14.4 Å². The predicted molar refractivity (Wildman–Crippen MR) is 111 cm³/mol. The topological polar surface area (TPSA) is 69.3 Å². The van der Waals surface area contributed by atoms with Gasteiger partial charge < -0.3 is 19.5 Å². The molecule has 12 heteroatoms. The average molecular weight is 499 g/mol. The van der Waals surface area contributed by atoms with Gasteiger partial charge in [-0.15, -0.1) is 13.2 Å². The van der Waals surface area contributed by atoms with Gasteiger partial charge in [0.25, 0.3) is 5.91 Å². The average Bonchev–Trinajstić information content (AvgIpc) is 2.72. The number of likely N-dealkylation sites (tertiary alicyclic amines) is 1. The van der Waals surface area contributed by atoms with Crippen molar-refractivity contribution in [1.82, 2.24) is 10.2 Å². The summed E-state index contributed by atoms with van der Waals surface area (Å²) in [6, 6.07) is 3.73. The number of nitrogens with zero attached hydrogens (tertiary/aromatic N) is 1. The van der Waals surface area contributed by atoms with E-state index in [0.29, 0.717) is 32.7 Å². The van der Waals surface area contributed by atoms with Gasteiger partial charge >= 0.3 is 6.36 Å². The Morgan fingerprint density at radius 3 is 2.70 bits per heavy atom. The lowest BCUT2D eigenvalue weighted by Crippen LogP contribution is -2.56. The number of piperidine rings is 1. The Balaban J connectivity index is 1.32. The first kappa shape index (κ1) is 26.0. The van der Waals surface area contributed by atoms with Crippen LogP contribution >= 0.6 is 11.6 Å². The highest BCUT2D eigenvalue weighted by molar-refractivity contribution is 6.30. The predicted octanol–water partition coefficient (Wildman–Crippen LogP) is 3.15. The lowest BCUT2D eigenvalue weighted by atomic mass is 9.92. The smallest absolute Gasteiger partial charge is 0.484 e. The number of methoxy groups -OCH3 is 1. The number of hydrogen-bond acceptors (Lipinski definition) is 6. The Morgan fingerprint density at radius 1 is 1.27 bits per heavy atom. The molecule has 3 rings (SSSR count). The summed E-state index contributed by atoms with van der Waals surface area (Å²) in [5, 5.41) is 2.85. The van der Waals surface area contributed by atoms with Gasteiger partial charge in [0.1, 0.15) is 11.6 Å². The van der Waals surface area contributed by atoms with Gasteiger partial charge in [-0.25, -0.2) is 4.39 Å². The molecule has 2 atom stereocenters. The van der Waals surface area contributed by atoms with E-state index < -0.39 is 18.3 Å². The third-order valence-corrected chi connectivity index (χ3v) is 5.97. The highest BCUT2D eigenvalue weighted by Crippen LogP contribution is 2.32. The molecule has 1 aliphatic carbocycles. The van der Waals surface area contributed by atoms with Crippen molar-refractivity contribution >= 4 is 17.5 Å². The number of alkyl halides is 3. The van der Waals surface area contributed by atoms with E-state index in [9.17, 15) is 22.4 Å². The van der Waals surface area contributed by atoms with Gasteiger partial charge in [-0.05, 0) is 18.6 Å². The Bertz CT molecular complexity index is 794. The first-order valence-electron chi connectivity index (χ1n) is 10.6. The number of benzene rings is 1. The van der Waals surface area contributed by atoms with Gasteiger partial charge in [-0.2, -0.15) is 0 Å². The monoisotopic (exact) mass is 498 g/mol. The van der Waals surface area contributed by atoms with Crippen LogP contribution in [-0.2, 0) is 19.0 Å². The lowest BCUT2D eigenvalue weighted by Gasteiger charge is -2.39. The molecule has 1 aromatic rings. The van der Waals surface area contributed by atoms with Crippen LogP contribution in [0.25, 0.3) is 0 Å². The maximum Gasteiger partial charge on any atom is 0.522 e. The number of amides is 1. The van der Waals surface area contributed by atoms with Crippen molar-refractivity contribution < 1.29 is 41.3 Å². The van der Waals surface area contributed by atoms with Crippen molar-refractivity contribution in [3.05, 3.63) is 29.0 Å². The van der Waals surface area contributed by atoms with Crippen LogP contribution in [0, 0.1) is 5.82 Å². The molecular weight excluding hydrogens is 472 g/mol. The van der Waals surface area contributed by atoms with Crippen LogP contribution in [0.2, 0.25) is 5.02 Å². The molecule has 33 heavy (non-hydrogen) atoms. The van der Waals surface area contributed by atoms with E-state index in [1.807, 2.05) is 0 Å². The molecule has 0 aromatic heterocycles. The van der Waals surface area contributed by atoms with E-state index in [4.69, 9.17) is 25.8 Å². The molecule has 7 nitrogen and oxygen atoms in total. The van der Waals surface area contributed by atoms with E-state index in [2.05, 4.69) is 15.0 Å². The second kappa shape index (κ2) is 11.7. The summed E-state index contributed by atoms with van der Waals surface area (Å²) in [5.74, 6) is -0.778. The number of rotatable bonds is 10. The molecule has 1 amide bonds. The summed E-state index contributed by atoms with van der Waals surface area (Å²) in [5.41, 5.74) is 0. The van der Waals surface area contributed by atoms with Crippen molar-refractivity contribution in [2.45, 2.75) is 50.0 Å². The molecule has 0 radical (unpaired) electrons. The number of nitrogens with one attached hydrogen (secondary N) is 1. The van der Waals surface area contributed by atoms with Gasteiger partial charge in [0.2, 0.25) is 0 Å². The molecule has 1 saturated heterocycles. The molecule has 1 saturated carbocycles. The van der Waals surface area contributed by atoms with Crippen molar-refractivity contribution in [1.29, 1.82) is 0 Å². The molecule has 1 N–H and O–H groups in total. The van der Waals surface area contributed by atoms with Crippen LogP contribution in [0.15, 0.2) is 18.2 Å². The Kier molecular flexibility index (Phi) is 9.17. The van der Waals surface area contributed by atoms with Crippen LogP contribution in [0.4, 0.5) is 17.6 Å². The Labute approximate surface area is 194 Å². The van der Waals surface area contributed by atoms with E-state index in [0.717, 1.165) is 6.07 Å². The van der Waals surface area contributed by atoms with Gasteiger partial charge in [0.15, 0.2) is 6.61 Å². The van der Waals surface area contributed by atoms with E-state index in [1.165, 1.54) is 12.1 Å². The van der Waals surface area contributed by atoms with Crippen molar-refractivity contribution in [2.75, 3.05) is 40.0 Å². The van der Waals surface area contributed by atoms with Crippen LogP contribution < -0.4 is 10.1 Å². The molecule has 1 heterocycles. The van der Waals surface area contributed by atoms with E-state index >= 15 is 0 Å². The minimum Gasteiger partial charge on any atom is -0.484 e. The van der Waals surface area contributed by atoms with Crippen LogP contribution in [-0.4, -0.2) is 81.5 Å². The maximum absolute atomic E-state index is 13.5. The zero-order valence-corrected chi connectivity index (χ0v) is 18.8. The highest BCUT2D eigenvalue weighted by atomic mass is 35.5. The summed E-state index contributed by atoms with van der Waals surface area (Å²) in [6.45, 7) is 1.99.